The lowest BCUT2D eigenvalue weighted by atomic mass is 9.70. The van der Waals surface area contributed by atoms with Crippen molar-refractivity contribution in [3.05, 3.63) is 23.8 Å². The van der Waals surface area contributed by atoms with Gasteiger partial charge in [-0.25, -0.2) is 0 Å². The van der Waals surface area contributed by atoms with Gasteiger partial charge in [0.2, 0.25) is 0 Å². The second-order valence-electron chi connectivity index (χ2n) is 6.27. The zero-order chi connectivity index (χ0) is 14.3. The Morgan fingerprint density at radius 2 is 2.00 bits per heavy atom. The van der Waals surface area contributed by atoms with Crippen LogP contribution in [-0.4, -0.2) is 31.2 Å². The molecule has 112 valence electrons. The molecule has 0 N–H and O–H groups in total. The van der Waals surface area contributed by atoms with Crippen molar-refractivity contribution in [2.75, 3.05) is 19.8 Å². The maximum atomic E-state index is 12.9. The van der Waals surface area contributed by atoms with Crippen molar-refractivity contribution < 1.29 is 19.0 Å². The van der Waals surface area contributed by atoms with E-state index in [0.717, 1.165) is 25.7 Å². The van der Waals surface area contributed by atoms with Crippen LogP contribution in [0.25, 0.3) is 0 Å². The third-order valence-electron chi connectivity index (χ3n) is 4.96. The summed E-state index contributed by atoms with van der Waals surface area (Å²) in [6.45, 7) is 1.75. The number of carbonyl (C=O) groups is 1. The summed E-state index contributed by atoms with van der Waals surface area (Å²) < 4.78 is 17.2. The highest BCUT2D eigenvalue weighted by Gasteiger charge is 2.44. The van der Waals surface area contributed by atoms with Crippen LogP contribution >= 0.6 is 0 Å². The fraction of sp³-hybridized carbons (Fsp3) is 0.588. The molecule has 2 heterocycles. The van der Waals surface area contributed by atoms with Crippen molar-refractivity contribution >= 4 is 5.78 Å². The van der Waals surface area contributed by atoms with Gasteiger partial charge in [0.1, 0.15) is 13.2 Å². The molecule has 0 bridgehead atoms. The molecule has 1 saturated carbocycles. The fourth-order valence-corrected chi connectivity index (χ4v) is 3.66. The van der Waals surface area contributed by atoms with Crippen LogP contribution in [0.2, 0.25) is 0 Å². The fourth-order valence-electron chi connectivity index (χ4n) is 3.66. The Morgan fingerprint density at radius 1 is 1.14 bits per heavy atom. The molecule has 2 fully saturated rings. The maximum absolute atomic E-state index is 12.9. The van der Waals surface area contributed by atoms with Gasteiger partial charge in [0.05, 0.1) is 11.2 Å². The van der Waals surface area contributed by atoms with Crippen LogP contribution in [0.1, 0.15) is 42.5 Å². The number of benzene rings is 1. The first-order chi connectivity index (χ1) is 10.3. The van der Waals surface area contributed by atoms with Crippen molar-refractivity contribution in [3.63, 3.8) is 0 Å². The highest BCUT2D eigenvalue weighted by Crippen LogP contribution is 2.46. The summed E-state index contributed by atoms with van der Waals surface area (Å²) in [7, 11) is 0. The van der Waals surface area contributed by atoms with E-state index in [1.54, 1.807) is 0 Å². The standard InChI is InChI=1S/C17H20O4/c18-15(12-5-8-21-17(11-12)6-2-7-17)13-3-1-4-14-16(13)20-10-9-19-14/h1,3-4,12H,2,5-11H2. The van der Waals surface area contributed by atoms with Crippen LogP contribution in [-0.2, 0) is 4.74 Å². The van der Waals surface area contributed by atoms with Gasteiger partial charge < -0.3 is 14.2 Å². The van der Waals surface area contributed by atoms with E-state index in [2.05, 4.69) is 0 Å². The monoisotopic (exact) mass is 288 g/mol. The molecule has 1 aromatic rings. The Morgan fingerprint density at radius 3 is 2.81 bits per heavy atom. The lowest BCUT2D eigenvalue weighted by Gasteiger charge is -2.46. The summed E-state index contributed by atoms with van der Waals surface area (Å²) in [5.41, 5.74) is 0.665. The first kappa shape index (κ1) is 13.1. The molecule has 4 rings (SSSR count). The van der Waals surface area contributed by atoms with Gasteiger partial charge in [-0.1, -0.05) is 6.07 Å². The zero-order valence-electron chi connectivity index (χ0n) is 12.1. The predicted molar refractivity (Wildman–Crippen MR) is 77.0 cm³/mol. The van der Waals surface area contributed by atoms with Crippen LogP contribution in [0, 0.1) is 5.92 Å². The van der Waals surface area contributed by atoms with E-state index >= 15 is 0 Å². The normalized spacial score (nSPS) is 26.2. The molecule has 0 aromatic heterocycles. The smallest absolute Gasteiger partial charge is 0.172 e. The van der Waals surface area contributed by atoms with Gasteiger partial charge in [-0.2, -0.15) is 0 Å². The summed E-state index contributed by atoms with van der Waals surface area (Å²) in [5, 5.41) is 0. The number of fused-ring (bicyclic) bond motifs is 1. The molecule has 1 atom stereocenters. The van der Waals surface area contributed by atoms with Crippen molar-refractivity contribution in [1.29, 1.82) is 0 Å². The topological polar surface area (TPSA) is 44.8 Å². The molecule has 4 nitrogen and oxygen atoms in total. The molecular weight excluding hydrogens is 268 g/mol. The van der Waals surface area contributed by atoms with Gasteiger partial charge >= 0.3 is 0 Å². The van der Waals surface area contributed by atoms with E-state index in [9.17, 15) is 4.79 Å². The molecule has 1 aromatic carbocycles. The number of Topliss-reactive ketones (excluding diaryl/α,β-unsaturated/α-hetero) is 1. The van der Waals surface area contributed by atoms with Crippen molar-refractivity contribution in [2.45, 2.75) is 37.7 Å². The molecule has 1 saturated heterocycles. The van der Waals surface area contributed by atoms with Crippen LogP contribution in [0.15, 0.2) is 18.2 Å². The molecule has 4 heteroatoms. The molecule has 1 spiro atoms. The number of ketones is 1. The minimum atomic E-state index is -0.00915. The number of ether oxygens (including phenoxy) is 3. The Labute approximate surface area is 124 Å². The second-order valence-corrected chi connectivity index (χ2v) is 6.27. The van der Waals surface area contributed by atoms with E-state index in [4.69, 9.17) is 14.2 Å². The molecular formula is C17H20O4. The average Bonchev–Trinajstić information content (AvgIpc) is 2.52. The van der Waals surface area contributed by atoms with Gasteiger partial charge in [0.15, 0.2) is 17.3 Å². The third kappa shape index (κ3) is 2.22. The van der Waals surface area contributed by atoms with Gasteiger partial charge in [0.25, 0.3) is 0 Å². The molecule has 3 aliphatic rings. The van der Waals surface area contributed by atoms with Crippen LogP contribution in [0.4, 0.5) is 0 Å². The Hall–Kier alpha value is -1.55. The molecule has 2 aliphatic heterocycles. The van der Waals surface area contributed by atoms with Gasteiger partial charge in [-0.05, 0) is 44.2 Å². The Kier molecular flexibility index (Phi) is 3.14. The van der Waals surface area contributed by atoms with Crippen molar-refractivity contribution in [2.24, 2.45) is 5.92 Å². The first-order valence-electron chi connectivity index (χ1n) is 7.84. The highest BCUT2D eigenvalue weighted by atomic mass is 16.6. The number of hydrogen-bond acceptors (Lipinski definition) is 4. The SMILES string of the molecule is O=C(c1cccc2c1OCCO2)C1CCOC2(CCC2)C1. The summed E-state index contributed by atoms with van der Waals surface area (Å²) >= 11 is 0. The lowest BCUT2D eigenvalue weighted by molar-refractivity contribution is -0.137. The van der Waals surface area contributed by atoms with Crippen molar-refractivity contribution in [3.8, 4) is 11.5 Å². The van der Waals surface area contributed by atoms with E-state index in [1.165, 1.54) is 6.42 Å². The summed E-state index contributed by atoms with van der Waals surface area (Å²) in [6.07, 6.45) is 5.09. The Balaban J connectivity index is 1.60. The minimum Gasteiger partial charge on any atom is -0.486 e. The van der Waals surface area contributed by atoms with Gasteiger partial charge in [-0.15, -0.1) is 0 Å². The largest absolute Gasteiger partial charge is 0.486 e. The van der Waals surface area contributed by atoms with Gasteiger partial charge in [-0.3, -0.25) is 4.79 Å². The number of rotatable bonds is 2. The second kappa shape index (κ2) is 5.02. The molecule has 21 heavy (non-hydrogen) atoms. The number of hydrogen-bond donors (Lipinski definition) is 0. The minimum absolute atomic E-state index is 0.00915. The molecule has 1 unspecified atom stereocenters. The van der Waals surface area contributed by atoms with E-state index < -0.39 is 0 Å². The average molecular weight is 288 g/mol. The third-order valence-corrected chi connectivity index (χ3v) is 4.96. The van der Waals surface area contributed by atoms with E-state index in [0.29, 0.717) is 36.9 Å². The van der Waals surface area contributed by atoms with Crippen LogP contribution < -0.4 is 9.47 Å². The maximum Gasteiger partial charge on any atom is 0.172 e. The Bertz CT molecular complexity index is 562. The lowest BCUT2D eigenvalue weighted by Crippen LogP contribution is -2.47. The summed E-state index contributed by atoms with van der Waals surface area (Å²) in [6, 6.07) is 5.60. The molecule has 0 radical (unpaired) electrons. The van der Waals surface area contributed by atoms with E-state index in [1.807, 2.05) is 18.2 Å². The highest BCUT2D eigenvalue weighted by molar-refractivity contribution is 6.01. The quantitative estimate of drug-likeness (QED) is 0.785. The zero-order valence-corrected chi connectivity index (χ0v) is 12.1. The van der Waals surface area contributed by atoms with E-state index in [-0.39, 0.29) is 17.3 Å². The first-order valence-corrected chi connectivity index (χ1v) is 7.84. The summed E-state index contributed by atoms with van der Waals surface area (Å²) in [5.74, 6) is 1.56. The number of carbonyl (C=O) groups excluding carboxylic acids is 1. The molecule has 0 amide bonds. The van der Waals surface area contributed by atoms with Crippen LogP contribution in [0.3, 0.4) is 0 Å². The predicted octanol–water partition coefficient (Wildman–Crippen LogP) is 2.99. The number of para-hydroxylation sites is 1. The van der Waals surface area contributed by atoms with Gasteiger partial charge in [0, 0.05) is 12.5 Å². The van der Waals surface area contributed by atoms with Crippen LogP contribution in [0.5, 0.6) is 11.5 Å². The summed E-state index contributed by atoms with van der Waals surface area (Å²) in [4.78, 5) is 12.9. The van der Waals surface area contributed by atoms with Crippen molar-refractivity contribution in [1.82, 2.24) is 0 Å². The molecule has 1 aliphatic carbocycles.